The Kier molecular flexibility index (Phi) is 7.23. The van der Waals surface area contributed by atoms with Crippen LogP contribution in [0.1, 0.15) is 51.5 Å². The van der Waals surface area contributed by atoms with Crippen molar-refractivity contribution in [1.82, 2.24) is 0 Å². The maximum absolute atomic E-state index is 13.1. The molecule has 0 aliphatic heterocycles. The largest absolute Gasteiger partial charge is 0.469 e. The maximum atomic E-state index is 13.1. The third-order valence-corrected chi connectivity index (χ3v) is 13.5. The number of ether oxygens (including phenoxy) is 1. The lowest BCUT2D eigenvalue weighted by molar-refractivity contribution is -0.143. The van der Waals surface area contributed by atoms with Crippen LogP contribution in [0.3, 0.4) is 0 Å². The fourth-order valence-electron chi connectivity index (χ4n) is 6.14. The number of esters is 1. The summed E-state index contributed by atoms with van der Waals surface area (Å²) in [5.41, 5.74) is 1.04. The van der Waals surface area contributed by atoms with Crippen LogP contribution < -0.4 is 10.4 Å². The Bertz CT molecular complexity index is 1070. The van der Waals surface area contributed by atoms with Gasteiger partial charge in [0.05, 0.1) is 13.0 Å². The first-order chi connectivity index (χ1) is 16.4. The van der Waals surface area contributed by atoms with Gasteiger partial charge in [-0.25, -0.2) is 0 Å². The average molecular weight is 469 g/mol. The van der Waals surface area contributed by atoms with Crippen molar-refractivity contribution in [2.24, 2.45) is 5.92 Å². The summed E-state index contributed by atoms with van der Waals surface area (Å²) in [7, 11) is -0.865. The molecule has 3 aromatic rings. The van der Waals surface area contributed by atoms with Crippen LogP contribution in [0.4, 0.5) is 0 Å². The van der Waals surface area contributed by atoms with Crippen molar-refractivity contribution in [3.05, 3.63) is 108 Å². The molecule has 1 aliphatic rings. The third kappa shape index (κ3) is 4.42. The summed E-state index contributed by atoms with van der Waals surface area (Å²) in [5.74, 6) is -0.295. The number of carbonyl (C=O) groups is 1. The topological polar surface area (TPSA) is 26.3 Å². The molecule has 0 fully saturated rings. The maximum Gasteiger partial charge on any atom is 0.313 e. The van der Waals surface area contributed by atoms with Crippen molar-refractivity contribution in [2.45, 2.75) is 51.0 Å². The first-order valence-electron chi connectivity index (χ1n) is 12.3. The molecule has 34 heavy (non-hydrogen) atoms. The highest BCUT2D eigenvalue weighted by Gasteiger charge is 2.51. The Morgan fingerprint density at radius 3 is 1.82 bits per heavy atom. The van der Waals surface area contributed by atoms with E-state index in [0.29, 0.717) is 0 Å². The second kappa shape index (κ2) is 10.1. The molecule has 0 amide bonds. The quantitative estimate of drug-likeness (QED) is 0.315. The first-order valence-corrected chi connectivity index (χ1v) is 14.3. The Morgan fingerprint density at radius 2 is 1.35 bits per heavy atom. The Hall–Kier alpha value is -2.91. The van der Waals surface area contributed by atoms with Gasteiger partial charge in [-0.2, -0.15) is 0 Å². The summed E-state index contributed by atoms with van der Waals surface area (Å²) in [5, 5.41) is 4.47. The van der Waals surface area contributed by atoms with Gasteiger partial charge in [0.1, 0.15) is 8.07 Å². The zero-order valence-electron chi connectivity index (χ0n) is 20.8. The van der Waals surface area contributed by atoms with E-state index in [1.54, 1.807) is 5.20 Å². The van der Waals surface area contributed by atoms with Gasteiger partial charge in [0.25, 0.3) is 0 Å². The normalized spacial score (nSPS) is 17.5. The molecule has 3 aromatic carbocycles. The summed E-state index contributed by atoms with van der Waals surface area (Å²) in [6.45, 7) is 7.20. The lowest BCUT2D eigenvalue weighted by Gasteiger charge is -2.47. The van der Waals surface area contributed by atoms with E-state index in [2.05, 4.69) is 99.6 Å². The van der Waals surface area contributed by atoms with E-state index in [9.17, 15) is 4.79 Å². The number of hydrogen-bond donors (Lipinski definition) is 0. The fraction of sp³-hybridized carbons (Fsp3) is 0.323. The van der Waals surface area contributed by atoms with Gasteiger partial charge < -0.3 is 4.74 Å². The highest BCUT2D eigenvalue weighted by Crippen LogP contribution is 2.46. The Balaban J connectivity index is 1.94. The summed E-state index contributed by atoms with van der Waals surface area (Å²) in [6.07, 6.45) is 5.64. The number of methoxy groups -OCH3 is 1. The molecule has 0 spiro atoms. The van der Waals surface area contributed by atoms with E-state index in [1.165, 1.54) is 17.5 Å². The molecular weight excluding hydrogens is 432 g/mol. The number of hydrogen-bond acceptors (Lipinski definition) is 2. The van der Waals surface area contributed by atoms with E-state index in [-0.39, 0.29) is 22.8 Å². The molecule has 176 valence electrons. The van der Waals surface area contributed by atoms with Crippen molar-refractivity contribution < 1.29 is 9.53 Å². The number of rotatable bonds is 6. The standard InChI is InChI=1S/C31H36O2Si/c1-31(2,3)34(26-18-10-6-11-19-26,27-20-12-7-13-21-27)28-22-14-17-25(23-28)29(30(32)33-4)24-15-8-5-9-16-24/h5-13,15-16,18-21,23,25,29H,14,17,22H2,1-4H3/t25-,29-/m0/s1. The van der Waals surface area contributed by atoms with E-state index < -0.39 is 8.07 Å². The van der Waals surface area contributed by atoms with Crippen molar-refractivity contribution in [1.29, 1.82) is 0 Å². The van der Waals surface area contributed by atoms with Crippen LogP contribution in [-0.4, -0.2) is 21.2 Å². The van der Waals surface area contributed by atoms with Crippen LogP contribution in [0.2, 0.25) is 5.04 Å². The lowest BCUT2D eigenvalue weighted by Crippen LogP contribution is -2.66. The summed E-state index contributed by atoms with van der Waals surface area (Å²) < 4.78 is 5.32. The molecule has 0 saturated heterocycles. The van der Waals surface area contributed by atoms with Crippen LogP contribution in [0.5, 0.6) is 0 Å². The van der Waals surface area contributed by atoms with Crippen molar-refractivity contribution >= 4 is 24.4 Å². The minimum atomic E-state index is -2.37. The molecule has 0 bridgehead atoms. The van der Waals surface area contributed by atoms with Crippen LogP contribution in [-0.2, 0) is 9.53 Å². The van der Waals surface area contributed by atoms with Crippen LogP contribution >= 0.6 is 0 Å². The van der Waals surface area contributed by atoms with E-state index in [4.69, 9.17) is 4.74 Å². The SMILES string of the molecule is COC(=O)[C@@H](c1ccccc1)[C@@H]1C=C([Si](c2ccccc2)(c2ccccc2)C(C)(C)C)CCC1. The Labute approximate surface area is 205 Å². The van der Waals surface area contributed by atoms with Crippen LogP contribution in [0.25, 0.3) is 0 Å². The highest BCUT2D eigenvalue weighted by atomic mass is 28.3. The highest BCUT2D eigenvalue weighted by molar-refractivity contribution is 7.09. The van der Waals surface area contributed by atoms with Crippen LogP contribution in [0.15, 0.2) is 102 Å². The second-order valence-electron chi connectivity index (χ2n) is 10.4. The van der Waals surface area contributed by atoms with Gasteiger partial charge in [0, 0.05) is 0 Å². The van der Waals surface area contributed by atoms with Gasteiger partial charge in [0.2, 0.25) is 0 Å². The minimum Gasteiger partial charge on any atom is -0.469 e. The molecule has 4 rings (SSSR count). The van der Waals surface area contributed by atoms with E-state index in [0.717, 1.165) is 24.8 Å². The molecule has 0 aromatic heterocycles. The van der Waals surface area contributed by atoms with Gasteiger partial charge in [0.15, 0.2) is 0 Å². The van der Waals surface area contributed by atoms with E-state index in [1.807, 2.05) is 18.2 Å². The number of benzene rings is 3. The van der Waals surface area contributed by atoms with E-state index >= 15 is 0 Å². The molecule has 0 heterocycles. The molecule has 0 N–H and O–H groups in total. The molecule has 1 aliphatic carbocycles. The van der Waals surface area contributed by atoms with Crippen molar-refractivity contribution in [3.8, 4) is 0 Å². The average Bonchev–Trinajstić information content (AvgIpc) is 2.86. The predicted octanol–water partition coefficient (Wildman–Crippen LogP) is 6.27. The zero-order chi connectivity index (χ0) is 24.2. The first kappa shape index (κ1) is 24.2. The molecule has 0 saturated carbocycles. The van der Waals surface area contributed by atoms with Gasteiger partial charge in [-0.15, -0.1) is 0 Å². The number of allylic oxidation sites excluding steroid dienone is 2. The molecular formula is C31H36O2Si. The van der Waals surface area contributed by atoms with Crippen molar-refractivity contribution in [3.63, 3.8) is 0 Å². The third-order valence-electron chi connectivity index (χ3n) is 7.46. The van der Waals surface area contributed by atoms with Crippen LogP contribution in [0, 0.1) is 5.92 Å². The van der Waals surface area contributed by atoms with Crippen molar-refractivity contribution in [2.75, 3.05) is 7.11 Å². The van der Waals surface area contributed by atoms with Gasteiger partial charge >= 0.3 is 5.97 Å². The van der Waals surface area contributed by atoms with Gasteiger partial charge in [-0.1, -0.05) is 123 Å². The molecule has 2 nitrogen and oxygen atoms in total. The van der Waals surface area contributed by atoms with Gasteiger partial charge in [-0.3, -0.25) is 4.79 Å². The zero-order valence-corrected chi connectivity index (χ0v) is 21.8. The lowest BCUT2D eigenvalue weighted by atomic mass is 9.80. The number of carbonyl (C=O) groups excluding carboxylic acids is 1. The summed E-state index contributed by atoms with van der Waals surface area (Å²) >= 11 is 0. The van der Waals surface area contributed by atoms with Gasteiger partial charge in [-0.05, 0) is 46.2 Å². The second-order valence-corrected chi connectivity index (χ2v) is 15.2. The summed E-state index contributed by atoms with van der Waals surface area (Å²) in [6, 6.07) is 32.4. The molecule has 2 atom stereocenters. The molecule has 0 unspecified atom stereocenters. The summed E-state index contributed by atoms with van der Waals surface area (Å²) in [4.78, 5) is 13.1. The smallest absolute Gasteiger partial charge is 0.313 e. The minimum absolute atomic E-state index is 0.0525. The molecule has 0 radical (unpaired) electrons. The predicted molar refractivity (Wildman–Crippen MR) is 144 cm³/mol. The Morgan fingerprint density at radius 1 is 0.853 bits per heavy atom. The fourth-order valence-corrected chi connectivity index (χ4v) is 12.3. The molecule has 3 heteroatoms. The monoisotopic (exact) mass is 468 g/mol.